The van der Waals surface area contributed by atoms with E-state index in [9.17, 15) is 35.1 Å². The molecular weight excluding hydrogens is 895 g/mol. The predicted molar refractivity (Wildman–Crippen MR) is 291 cm³/mol. The lowest BCUT2D eigenvalue weighted by molar-refractivity contribution is -0.305. The van der Waals surface area contributed by atoms with E-state index >= 15 is 0 Å². The first-order valence-electron chi connectivity index (χ1n) is 27.4. The summed E-state index contributed by atoms with van der Waals surface area (Å²) in [6.07, 6.45) is 53.8. The molecular formula is C60H97NO10. The quantitative estimate of drug-likeness (QED) is 0.0149. The molecule has 402 valence electrons. The van der Waals surface area contributed by atoms with Crippen molar-refractivity contribution < 1.29 is 49.3 Å². The number of carbonyl (C=O) groups excluding carboxylic acids is 2. The highest BCUT2D eigenvalue weighted by atomic mass is 16.7. The lowest BCUT2D eigenvalue weighted by Crippen LogP contribution is -2.61. The molecule has 0 bridgehead atoms. The fourth-order valence-electron chi connectivity index (χ4n) is 7.69. The van der Waals surface area contributed by atoms with Crippen molar-refractivity contribution in [2.45, 2.75) is 230 Å². The third-order valence-electron chi connectivity index (χ3n) is 12.0. The summed E-state index contributed by atoms with van der Waals surface area (Å²) < 4.78 is 17.5. The zero-order valence-corrected chi connectivity index (χ0v) is 44.0. The third-order valence-corrected chi connectivity index (χ3v) is 12.0. The van der Waals surface area contributed by atoms with Crippen LogP contribution < -0.4 is 5.32 Å². The number of rotatable bonds is 43. The molecule has 0 saturated carbocycles. The molecule has 1 rings (SSSR count). The van der Waals surface area contributed by atoms with Gasteiger partial charge in [0.2, 0.25) is 5.91 Å². The fourth-order valence-corrected chi connectivity index (χ4v) is 7.69. The smallest absolute Gasteiger partial charge is 0.306 e. The number of allylic oxidation sites excluding steroid dienone is 19. The van der Waals surface area contributed by atoms with Gasteiger partial charge in [0.25, 0.3) is 0 Å². The molecule has 11 nitrogen and oxygen atoms in total. The molecule has 1 heterocycles. The average molecular weight is 992 g/mol. The van der Waals surface area contributed by atoms with Crippen molar-refractivity contribution >= 4 is 11.9 Å². The van der Waals surface area contributed by atoms with Gasteiger partial charge in [0.1, 0.15) is 24.4 Å². The lowest BCUT2D eigenvalue weighted by Gasteiger charge is -2.41. The first-order chi connectivity index (χ1) is 34.7. The summed E-state index contributed by atoms with van der Waals surface area (Å²) in [6, 6.07) is -1.05. The Bertz CT molecular complexity index is 1610. The van der Waals surface area contributed by atoms with E-state index < -0.39 is 67.4 Å². The van der Waals surface area contributed by atoms with Gasteiger partial charge in [0.05, 0.1) is 25.4 Å². The van der Waals surface area contributed by atoms with Gasteiger partial charge in [-0.15, -0.1) is 0 Å². The normalized spacial score (nSPS) is 20.6. The maximum atomic E-state index is 13.3. The van der Waals surface area contributed by atoms with E-state index in [0.29, 0.717) is 12.8 Å². The van der Waals surface area contributed by atoms with Crippen molar-refractivity contribution in [3.05, 3.63) is 122 Å². The Morgan fingerprint density at radius 2 is 1.08 bits per heavy atom. The Morgan fingerprint density at radius 3 is 1.69 bits per heavy atom. The molecule has 6 N–H and O–H groups in total. The van der Waals surface area contributed by atoms with Crippen LogP contribution in [0.2, 0.25) is 0 Å². The number of hydrogen-bond donors (Lipinski definition) is 6. The summed E-state index contributed by atoms with van der Waals surface area (Å²) in [5.74, 6) is -1.28. The second-order valence-electron chi connectivity index (χ2n) is 18.4. The average Bonchev–Trinajstić information content (AvgIpc) is 3.37. The van der Waals surface area contributed by atoms with E-state index in [-0.39, 0.29) is 19.4 Å². The molecule has 0 aromatic rings. The molecule has 1 fully saturated rings. The van der Waals surface area contributed by atoms with Crippen LogP contribution in [0.1, 0.15) is 181 Å². The molecule has 1 amide bonds. The van der Waals surface area contributed by atoms with Gasteiger partial charge in [-0.05, 0) is 77.0 Å². The minimum atomic E-state index is -1.64. The van der Waals surface area contributed by atoms with Gasteiger partial charge in [0, 0.05) is 6.42 Å². The molecule has 1 saturated heterocycles. The molecule has 11 heteroatoms. The van der Waals surface area contributed by atoms with Crippen LogP contribution in [0.5, 0.6) is 0 Å². The highest BCUT2D eigenvalue weighted by molar-refractivity contribution is 5.80. The standard InChI is InChI=1S/C60H97NO10/c1-4-7-10-13-16-19-22-25-26-27-28-30-33-36-39-42-45-48-55(65)71-58-57(67)56(66)54(49-62)70-60(58)69-50-51(52(63)46-43-40-37-34-31-24-21-18-15-12-9-6-3)61-59(68)53(64)47-44-41-38-35-32-29-23-20-17-14-11-8-5-2/h7-8,10-11,13,16-17,19-20,22,25-30,32-33,43,46,51-54,56-58,60,62-64,66-67H,4-6,9,12,14-15,18,21,23-24,31,34-42,44-45,47-50H2,1-3H3,(H,61,68)/b10-7-,11-8+,16-13+,20-17+,22-19+,26-25-,28-27+,32-29+,33-30+,46-43+. The monoisotopic (exact) mass is 992 g/mol. The number of unbranched alkanes of at least 4 members (excludes halogenated alkanes) is 16. The van der Waals surface area contributed by atoms with Crippen LogP contribution in [-0.4, -0.2) is 99.6 Å². The number of esters is 1. The Balaban J connectivity index is 2.81. The second kappa shape index (κ2) is 47.1. The van der Waals surface area contributed by atoms with E-state index in [0.717, 1.165) is 89.9 Å². The van der Waals surface area contributed by atoms with Gasteiger partial charge in [-0.1, -0.05) is 219 Å². The van der Waals surface area contributed by atoms with Crippen LogP contribution >= 0.6 is 0 Å². The van der Waals surface area contributed by atoms with Gasteiger partial charge >= 0.3 is 5.97 Å². The summed E-state index contributed by atoms with van der Waals surface area (Å²) in [5, 5.41) is 56.7. The molecule has 0 aromatic heterocycles. The molecule has 1 aliphatic heterocycles. The van der Waals surface area contributed by atoms with Crippen LogP contribution in [0.15, 0.2) is 122 Å². The van der Waals surface area contributed by atoms with Crippen LogP contribution in [0.3, 0.4) is 0 Å². The van der Waals surface area contributed by atoms with Crippen molar-refractivity contribution in [3.63, 3.8) is 0 Å². The zero-order valence-electron chi connectivity index (χ0n) is 44.0. The summed E-state index contributed by atoms with van der Waals surface area (Å²) in [6.45, 7) is 5.44. The number of nitrogens with one attached hydrogen (secondary N) is 1. The zero-order chi connectivity index (χ0) is 51.8. The van der Waals surface area contributed by atoms with Gasteiger partial charge in [-0.3, -0.25) is 9.59 Å². The van der Waals surface area contributed by atoms with Crippen LogP contribution in [0.25, 0.3) is 0 Å². The van der Waals surface area contributed by atoms with E-state index in [1.54, 1.807) is 6.08 Å². The first kappa shape index (κ1) is 65.1. The number of aliphatic hydroxyl groups is 5. The maximum absolute atomic E-state index is 13.3. The van der Waals surface area contributed by atoms with Crippen LogP contribution in [-0.2, 0) is 23.8 Å². The van der Waals surface area contributed by atoms with Gasteiger partial charge < -0.3 is 45.1 Å². The predicted octanol–water partition coefficient (Wildman–Crippen LogP) is 11.9. The van der Waals surface area contributed by atoms with E-state index in [1.807, 2.05) is 66.8 Å². The van der Waals surface area contributed by atoms with Crippen molar-refractivity contribution in [2.24, 2.45) is 0 Å². The minimum Gasteiger partial charge on any atom is -0.454 e. The summed E-state index contributed by atoms with van der Waals surface area (Å²) in [5.41, 5.74) is 0. The Hall–Kier alpha value is -3.94. The van der Waals surface area contributed by atoms with Crippen LogP contribution in [0, 0.1) is 0 Å². The lowest BCUT2D eigenvalue weighted by atomic mass is 9.99. The van der Waals surface area contributed by atoms with Crippen LogP contribution in [0.4, 0.5) is 0 Å². The molecule has 0 spiro atoms. The van der Waals surface area contributed by atoms with Gasteiger partial charge in [0.15, 0.2) is 12.4 Å². The molecule has 1 aliphatic rings. The minimum absolute atomic E-state index is 0.0618. The number of carbonyl (C=O) groups is 2. The fraction of sp³-hybridized carbons (Fsp3) is 0.633. The maximum Gasteiger partial charge on any atom is 0.306 e. The Morgan fingerprint density at radius 1 is 0.577 bits per heavy atom. The van der Waals surface area contributed by atoms with E-state index in [1.165, 1.54) is 44.9 Å². The van der Waals surface area contributed by atoms with Crippen molar-refractivity contribution in [1.29, 1.82) is 0 Å². The molecule has 0 aromatic carbocycles. The SMILES string of the molecule is CC\C=C/C=C/C=C/C=C\C=C\C=C\CCCCCC(=O)OC1C(OCC(NC(=O)C(O)CCCCC/C=C/C/C=C/C/C=C/CC)C(O)/C=C/CCCCCCCCCCCC)OC(CO)C(O)C1O. The highest BCUT2D eigenvalue weighted by Crippen LogP contribution is 2.26. The Kier molecular flexibility index (Phi) is 43.2. The van der Waals surface area contributed by atoms with Crippen molar-refractivity contribution in [3.8, 4) is 0 Å². The molecule has 71 heavy (non-hydrogen) atoms. The molecule has 0 radical (unpaired) electrons. The number of hydrogen-bond acceptors (Lipinski definition) is 10. The summed E-state index contributed by atoms with van der Waals surface area (Å²) in [4.78, 5) is 26.4. The van der Waals surface area contributed by atoms with E-state index in [4.69, 9.17) is 14.2 Å². The van der Waals surface area contributed by atoms with Crippen molar-refractivity contribution in [1.82, 2.24) is 5.32 Å². The Labute approximate surface area is 430 Å². The number of ether oxygens (including phenoxy) is 3. The molecule has 0 aliphatic carbocycles. The molecule has 8 unspecified atom stereocenters. The number of aliphatic hydroxyl groups excluding tert-OH is 5. The highest BCUT2D eigenvalue weighted by Gasteiger charge is 2.47. The topological polar surface area (TPSA) is 175 Å². The first-order valence-corrected chi connectivity index (χ1v) is 27.4. The summed E-state index contributed by atoms with van der Waals surface area (Å²) in [7, 11) is 0. The van der Waals surface area contributed by atoms with Gasteiger partial charge in [-0.25, -0.2) is 0 Å². The number of amides is 1. The van der Waals surface area contributed by atoms with Gasteiger partial charge in [-0.2, -0.15) is 0 Å². The second-order valence-corrected chi connectivity index (χ2v) is 18.4. The van der Waals surface area contributed by atoms with E-state index in [2.05, 4.69) is 74.7 Å². The molecule has 8 atom stereocenters. The van der Waals surface area contributed by atoms with Crippen molar-refractivity contribution in [2.75, 3.05) is 13.2 Å². The summed E-state index contributed by atoms with van der Waals surface area (Å²) >= 11 is 0. The largest absolute Gasteiger partial charge is 0.454 e. The third kappa shape index (κ3) is 35.8.